The van der Waals surface area contributed by atoms with E-state index < -0.39 is 32.5 Å². The first-order valence-electron chi connectivity index (χ1n) is 12.2. The third-order valence-electron chi connectivity index (χ3n) is 6.39. The molecular formula is C27H31N3O6S2. The highest BCUT2D eigenvalue weighted by atomic mass is 32.2. The van der Waals surface area contributed by atoms with Gasteiger partial charge in [-0.1, -0.05) is 35.9 Å². The molecule has 1 fully saturated rings. The lowest BCUT2D eigenvalue weighted by molar-refractivity contribution is -0.114. The highest BCUT2D eigenvalue weighted by Crippen LogP contribution is 2.31. The van der Waals surface area contributed by atoms with Crippen LogP contribution >= 0.6 is 0 Å². The van der Waals surface area contributed by atoms with Crippen molar-refractivity contribution in [3.8, 4) is 5.75 Å². The number of nitrogens with zero attached hydrogens (tertiary/aromatic N) is 2. The molecule has 202 valence electrons. The second-order valence-electron chi connectivity index (χ2n) is 9.14. The Bertz CT molecular complexity index is 1530. The maximum atomic E-state index is 13.6. The number of rotatable bonds is 9. The molecule has 9 nitrogen and oxygen atoms in total. The smallest absolute Gasteiger partial charge is 0.264 e. The molecule has 1 saturated heterocycles. The second-order valence-corrected chi connectivity index (χ2v) is 12.9. The maximum absolute atomic E-state index is 13.6. The predicted molar refractivity (Wildman–Crippen MR) is 147 cm³/mol. The molecule has 38 heavy (non-hydrogen) atoms. The van der Waals surface area contributed by atoms with E-state index in [4.69, 9.17) is 4.74 Å². The molecule has 1 aliphatic heterocycles. The Morgan fingerprint density at radius 3 is 2.24 bits per heavy atom. The average molecular weight is 558 g/mol. The fourth-order valence-electron chi connectivity index (χ4n) is 4.45. The van der Waals surface area contributed by atoms with Crippen molar-refractivity contribution >= 4 is 37.3 Å². The summed E-state index contributed by atoms with van der Waals surface area (Å²) in [6.07, 6.45) is 1.59. The third kappa shape index (κ3) is 5.69. The van der Waals surface area contributed by atoms with Gasteiger partial charge in [-0.25, -0.2) is 16.8 Å². The average Bonchev–Trinajstić information content (AvgIpc) is 3.44. The van der Waals surface area contributed by atoms with Crippen molar-refractivity contribution in [1.29, 1.82) is 0 Å². The van der Waals surface area contributed by atoms with Gasteiger partial charge >= 0.3 is 0 Å². The third-order valence-corrected chi connectivity index (χ3v) is 10.1. The fraction of sp³-hybridized carbons (Fsp3) is 0.296. The summed E-state index contributed by atoms with van der Waals surface area (Å²) < 4.78 is 61.3. The molecule has 3 aromatic rings. The normalized spacial score (nSPS) is 14.3. The van der Waals surface area contributed by atoms with E-state index in [1.165, 1.54) is 41.7 Å². The van der Waals surface area contributed by atoms with E-state index in [0.717, 1.165) is 22.7 Å². The van der Waals surface area contributed by atoms with Gasteiger partial charge in [-0.3, -0.25) is 9.10 Å². The number of sulfonamides is 2. The molecule has 1 aliphatic rings. The van der Waals surface area contributed by atoms with Crippen LogP contribution in [-0.4, -0.2) is 53.8 Å². The van der Waals surface area contributed by atoms with Crippen molar-refractivity contribution in [2.24, 2.45) is 0 Å². The van der Waals surface area contributed by atoms with Gasteiger partial charge in [-0.05, 0) is 68.7 Å². The van der Waals surface area contributed by atoms with Gasteiger partial charge < -0.3 is 10.1 Å². The molecule has 0 aliphatic carbocycles. The Balaban J connectivity index is 1.68. The molecule has 1 heterocycles. The number of anilines is 2. The second kappa shape index (κ2) is 11.1. The van der Waals surface area contributed by atoms with Crippen LogP contribution in [0.25, 0.3) is 0 Å². The van der Waals surface area contributed by atoms with Crippen molar-refractivity contribution in [3.63, 3.8) is 0 Å². The molecule has 0 radical (unpaired) electrons. The monoisotopic (exact) mass is 557 g/mol. The van der Waals surface area contributed by atoms with Crippen LogP contribution in [0.15, 0.2) is 76.5 Å². The number of methoxy groups -OCH3 is 1. The molecule has 11 heteroatoms. The predicted octanol–water partition coefficient (Wildman–Crippen LogP) is 3.93. The van der Waals surface area contributed by atoms with Crippen molar-refractivity contribution in [3.05, 3.63) is 77.9 Å². The number of ether oxygens (including phenoxy) is 1. The lowest BCUT2D eigenvalue weighted by Gasteiger charge is -2.26. The van der Waals surface area contributed by atoms with Gasteiger partial charge in [-0.2, -0.15) is 4.31 Å². The van der Waals surface area contributed by atoms with Crippen molar-refractivity contribution in [2.75, 3.05) is 36.4 Å². The van der Waals surface area contributed by atoms with Crippen LogP contribution in [0.1, 0.15) is 24.0 Å². The number of hydrogen-bond donors (Lipinski definition) is 1. The molecule has 0 unspecified atom stereocenters. The Hall–Kier alpha value is -3.41. The van der Waals surface area contributed by atoms with E-state index in [9.17, 15) is 21.6 Å². The molecule has 0 spiro atoms. The van der Waals surface area contributed by atoms with E-state index in [1.54, 1.807) is 37.3 Å². The molecule has 0 atom stereocenters. The van der Waals surface area contributed by atoms with Crippen molar-refractivity contribution in [1.82, 2.24) is 4.31 Å². The number of aryl methyl sites for hydroxylation is 2. The first kappa shape index (κ1) is 27.6. The van der Waals surface area contributed by atoms with Crippen LogP contribution in [0.5, 0.6) is 5.75 Å². The number of amides is 1. The fourth-order valence-corrected chi connectivity index (χ4v) is 7.50. The standard InChI is InChI=1S/C27H31N3O6S2/c1-20-11-13-25(21(2)17-20)30(38(34,35)22-9-5-4-6-10-22)19-27(31)28-24-18-23(12-14-26(24)36-3)37(32,33)29-15-7-8-16-29/h4-6,9-14,17-18H,7-8,15-16,19H2,1-3H3,(H,28,31). The number of benzene rings is 3. The molecular weight excluding hydrogens is 526 g/mol. The minimum absolute atomic E-state index is 0.0265. The van der Waals surface area contributed by atoms with Crippen LogP contribution in [0.4, 0.5) is 11.4 Å². The van der Waals surface area contributed by atoms with Gasteiger partial charge in [0, 0.05) is 13.1 Å². The number of carbonyl (C=O) groups excluding carboxylic acids is 1. The summed E-state index contributed by atoms with van der Waals surface area (Å²) in [5.41, 5.74) is 2.14. The van der Waals surface area contributed by atoms with Gasteiger partial charge in [-0.15, -0.1) is 0 Å². The van der Waals surface area contributed by atoms with Crippen molar-refractivity contribution < 1.29 is 26.4 Å². The summed E-state index contributed by atoms with van der Waals surface area (Å²) in [5, 5.41) is 2.67. The SMILES string of the molecule is COc1ccc(S(=O)(=O)N2CCCC2)cc1NC(=O)CN(c1ccc(C)cc1C)S(=O)(=O)c1ccccc1. The largest absolute Gasteiger partial charge is 0.495 e. The van der Waals surface area contributed by atoms with Gasteiger partial charge in [0.05, 0.1) is 28.3 Å². The highest BCUT2D eigenvalue weighted by molar-refractivity contribution is 7.92. The summed E-state index contributed by atoms with van der Waals surface area (Å²) in [4.78, 5) is 13.4. The van der Waals surface area contributed by atoms with Gasteiger partial charge in [0.25, 0.3) is 10.0 Å². The first-order valence-corrected chi connectivity index (χ1v) is 15.0. The topological polar surface area (TPSA) is 113 Å². The van der Waals surface area contributed by atoms with Crippen LogP contribution < -0.4 is 14.4 Å². The van der Waals surface area contributed by atoms with Crippen LogP contribution in [-0.2, 0) is 24.8 Å². The quantitative estimate of drug-likeness (QED) is 0.427. The number of carbonyl (C=O) groups is 1. The van der Waals surface area contributed by atoms with Crippen LogP contribution in [0.3, 0.4) is 0 Å². The zero-order valence-electron chi connectivity index (χ0n) is 21.5. The van der Waals surface area contributed by atoms with Crippen LogP contribution in [0, 0.1) is 13.8 Å². The molecule has 0 bridgehead atoms. The van der Waals surface area contributed by atoms with Crippen LogP contribution in [0.2, 0.25) is 0 Å². The van der Waals surface area contributed by atoms with E-state index in [0.29, 0.717) is 24.3 Å². The van der Waals surface area contributed by atoms with Gasteiger partial charge in [0.15, 0.2) is 0 Å². The lowest BCUT2D eigenvalue weighted by Crippen LogP contribution is -2.38. The first-order chi connectivity index (χ1) is 18.0. The highest BCUT2D eigenvalue weighted by Gasteiger charge is 2.30. The van der Waals surface area contributed by atoms with E-state index in [2.05, 4.69) is 5.32 Å². The number of hydrogen-bond acceptors (Lipinski definition) is 6. The Kier molecular flexibility index (Phi) is 8.10. The molecule has 1 amide bonds. The molecule has 0 saturated carbocycles. The van der Waals surface area contributed by atoms with E-state index in [1.807, 2.05) is 13.0 Å². The summed E-state index contributed by atoms with van der Waals surface area (Å²) in [6, 6.07) is 17.4. The Labute approximate surface area is 224 Å². The van der Waals surface area contributed by atoms with Crippen molar-refractivity contribution in [2.45, 2.75) is 36.5 Å². The van der Waals surface area contributed by atoms with Gasteiger partial charge in [0.2, 0.25) is 15.9 Å². The van der Waals surface area contributed by atoms with E-state index >= 15 is 0 Å². The molecule has 0 aromatic heterocycles. The minimum atomic E-state index is -4.10. The van der Waals surface area contributed by atoms with E-state index in [-0.39, 0.29) is 21.2 Å². The zero-order chi connectivity index (χ0) is 27.5. The summed E-state index contributed by atoms with van der Waals surface area (Å²) in [6.45, 7) is 4.03. The maximum Gasteiger partial charge on any atom is 0.264 e. The summed E-state index contributed by atoms with van der Waals surface area (Å²) in [5.74, 6) is -0.402. The number of nitrogens with one attached hydrogen (secondary N) is 1. The van der Waals surface area contributed by atoms with Gasteiger partial charge in [0.1, 0.15) is 12.3 Å². The molecule has 3 aromatic carbocycles. The Morgan fingerprint density at radius 1 is 0.921 bits per heavy atom. The zero-order valence-corrected chi connectivity index (χ0v) is 23.2. The Morgan fingerprint density at radius 2 is 1.61 bits per heavy atom. The minimum Gasteiger partial charge on any atom is -0.495 e. The molecule has 1 N–H and O–H groups in total. The lowest BCUT2D eigenvalue weighted by atomic mass is 10.1. The summed E-state index contributed by atoms with van der Waals surface area (Å²) in [7, 11) is -6.43. The summed E-state index contributed by atoms with van der Waals surface area (Å²) >= 11 is 0. The molecule has 4 rings (SSSR count).